The molecule has 0 radical (unpaired) electrons. The molecular formula is C22H22Fe2. The number of rotatable bonds is 2. The van der Waals surface area contributed by atoms with Crippen molar-refractivity contribution in [3.8, 4) is 11.1 Å². The number of hydrogen-bond acceptors (Lipinski definition) is 0. The van der Waals surface area contributed by atoms with E-state index in [1.54, 1.807) is 0 Å². The molecule has 0 fully saturated rings. The Labute approximate surface area is 166 Å². The van der Waals surface area contributed by atoms with Crippen molar-refractivity contribution in [1.29, 1.82) is 0 Å². The van der Waals surface area contributed by atoms with Crippen LogP contribution in [0.5, 0.6) is 0 Å². The molecule has 0 saturated carbocycles. The Balaban J connectivity index is 0.000000370. The van der Waals surface area contributed by atoms with Crippen LogP contribution in [0.4, 0.5) is 0 Å². The molecule has 0 bridgehead atoms. The first-order valence-corrected chi connectivity index (χ1v) is 7.72. The first-order chi connectivity index (χ1) is 10.9. The quantitative estimate of drug-likeness (QED) is 0.280. The summed E-state index contributed by atoms with van der Waals surface area (Å²) < 4.78 is 0. The average molecular weight is 398 g/mol. The van der Waals surface area contributed by atoms with Gasteiger partial charge in [0, 0.05) is 0 Å². The minimum absolute atomic E-state index is 0. The predicted octanol–water partition coefficient (Wildman–Crippen LogP) is 6.16. The van der Waals surface area contributed by atoms with E-state index in [2.05, 4.69) is 49.4 Å². The van der Waals surface area contributed by atoms with Gasteiger partial charge in [0.1, 0.15) is 0 Å². The van der Waals surface area contributed by atoms with Crippen LogP contribution in [0.2, 0.25) is 0 Å². The largest absolute Gasteiger partial charge is 2.00 e. The van der Waals surface area contributed by atoms with Gasteiger partial charge in [-0.15, -0.1) is 18.6 Å². The van der Waals surface area contributed by atoms with E-state index in [0.29, 0.717) is 0 Å². The predicted molar refractivity (Wildman–Crippen MR) is 96.5 cm³/mol. The molecule has 0 nitrogen and oxygen atoms in total. The van der Waals surface area contributed by atoms with Crippen LogP contribution in [0.15, 0.2) is 103 Å². The SMILES string of the molecule is CC[c-]1cccc1-[c-]1cccc1.[Fe+2].[Fe+2].c1cc[cH-]c1.c1cc[cH-]c1. The summed E-state index contributed by atoms with van der Waals surface area (Å²) in [6.07, 6.45) is 1.12. The van der Waals surface area contributed by atoms with Crippen molar-refractivity contribution in [1.82, 2.24) is 0 Å². The summed E-state index contributed by atoms with van der Waals surface area (Å²) in [5.74, 6) is 0. The van der Waals surface area contributed by atoms with Gasteiger partial charge in [-0.05, 0) is 0 Å². The third-order valence-corrected chi connectivity index (χ3v) is 3.37. The maximum atomic E-state index is 2.20. The molecule has 0 heterocycles. The smallest absolute Gasteiger partial charge is 0.302 e. The van der Waals surface area contributed by atoms with Gasteiger partial charge < -0.3 is 6.07 Å². The maximum Gasteiger partial charge on any atom is 2.00 e. The van der Waals surface area contributed by atoms with Crippen molar-refractivity contribution >= 4 is 0 Å². The van der Waals surface area contributed by atoms with Gasteiger partial charge in [0.05, 0.1) is 0 Å². The van der Waals surface area contributed by atoms with Gasteiger partial charge in [-0.3, -0.25) is 11.6 Å². The number of aryl methyl sites for hydroxylation is 1. The van der Waals surface area contributed by atoms with E-state index < -0.39 is 0 Å². The molecule has 0 aliphatic carbocycles. The molecule has 4 rings (SSSR count). The molecule has 0 amide bonds. The Kier molecular flexibility index (Phi) is 12.9. The van der Waals surface area contributed by atoms with Gasteiger partial charge in [0.2, 0.25) is 0 Å². The number of hydrogen-bond donors (Lipinski definition) is 0. The molecule has 0 N–H and O–H groups in total. The van der Waals surface area contributed by atoms with Crippen LogP contribution in [-0.4, -0.2) is 0 Å². The molecule has 24 heavy (non-hydrogen) atoms. The summed E-state index contributed by atoms with van der Waals surface area (Å²) in [5.41, 5.74) is 4.18. The summed E-state index contributed by atoms with van der Waals surface area (Å²) >= 11 is 0. The molecule has 4 aromatic carbocycles. The Morgan fingerprint density at radius 2 is 1.21 bits per heavy atom. The van der Waals surface area contributed by atoms with Gasteiger partial charge >= 0.3 is 34.1 Å². The van der Waals surface area contributed by atoms with E-state index in [4.69, 9.17) is 0 Å². The van der Waals surface area contributed by atoms with Gasteiger partial charge in [-0.25, -0.2) is 35.9 Å². The summed E-state index contributed by atoms with van der Waals surface area (Å²) in [4.78, 5) is 0. The third-order valence-electron chi connectivity index (χ3n) is 3.37. The molecule has 0 spiro atoms. The summed E-state index contributed by atoms with van der Waals surface area (Å²) in [5, 5.41) is 0. The second-order valence-corrected chi connectivity index (χ2v) is 4.92. The van der Waals surface area contributed by atoms with Crippen molar-refractivity contribution in [2.45, 2.75) is 13.3 Å². The Morgan fingerprint density at radius 3 is 1.58 bits per heavy atom. The van der Waals surface area contributed by atoms with Crippen LogP contribution < -0.4 is 0 Å². The molecule has 126 valence electrons. The van der Waals surface area contributed by atoms with Crippen molar-refractivity contribution < 1.29 is 34.1 Å². The molecule has 0 unspecified atom stereocenters. The average Bonchev–Trinajstić information content (AvgIpc) is 3.41. The minimum Gasteiger partial charge on any atom is -0.302 e. The molecule has 0 atom stereocenters. The van der Waals surface area contributed by atoms with Crippen LogP contribution >= 0.6 is 0 Å². The van der Waals surface area contributed by atoms with E-state index in [1.807, 2.05) is 60.7 Å². The fourth-order valence-electron chi connectivity index (χ4n) is 2.24. The van der Waals surface area contributed by atoms with E-state index in [0.717, 1.165) is 6.42 Å². The molecule has 0 aliphatic rings. The van der Waals surface area contributed by atoms with Crippen molar-refractivity contribution in [2.75, 3.05) is 0 Å². The van der Waals surface area contributed by atoms with Gasteiger partial charge in [0.25, 0.3) is 0 Å². The zero-order valence-corrected chi connectivity index (χ0v) is 15.9. The topological polar surface area (TPSA) is 0 Å². The molecular weight excluding hydrogens is 376 g/mol. The standard InChI is InChI=1S/C12H12.2C5H5.2Fe/c1-2-10-8-5-9-12(10)11-6-3-4-7-11;2*1-2-4-5-3-1;;/h3-9H,2H2,1H3;2*1-5H;;/q-2;2*-1;2*+2. The summed E-state index contributed by atoms with van der Waals surface area (Å²) in [7, 11) is 0. The normalized spacial score (nSPS) is 8.54. The van der Waals surface area contributed by atoms with Crippen molar-refractivity contribution in [3.63, 3.8) is 0 Å². The minimum atomic E-state index is 0. The van der Waals surface area contributed by atoms with E-state index in [1.165, 1.54) is 16.7 Å². The van der Waals surface area contributed by atoms with E-state index >= 15 is 0 Å². The van der Waals surface area contributed by atoms with Crippen LogP contribution in [0.1, 0.15) is 12.5 Å². The summed E-state index contributed by atoms with van der Waals surface area (Å²) in [6, 6.07) is 35.0. The van der Waals surface area contributed by atoms with Crippen LogP contribution in [0.3, 0.4) is 0 Å². The fraction of sp³-hybridized carbons (Fsp3) is 0.0909. The maximum absolute atomic E-state index is 2.20. The fourth-order valence-corrected chi connectivity index (χ4v) is 2.24. The Bertz CT molecular complexity index is 608. The molecule has 2 heteroatoms. The van der Waals surface area contributed by atoms with Gasteiger partial charge in [-0.2, -0.15) is 42.0 Å². The Hall–Kier alpha value is -1.56. The Morgan fingerprint density at radius 1 is 0.708 bits per heavy atom. The molecule has 0 aliphatic heterocycles. The van der Waals surface area contributed by atoms with Crippen LogP contribution in [0.25, 0.3) is 11.1 Å². The molecule has 0 aromatic heterocycles. The second-order valence-electron chi connectivity index (χ2n) is 4.92. The first kappa shape index (κ1) is 22.4. The third kappa shape index (κ3) is 7.81. The van der Waals surface area contributed by atoms with Crippen LogP contribution in [0, 0.1) is 0 Å². The van der Waals surface area contributed by atoms with E-state index in [9.17, 15) is 0 Å². The van der Waals surface area contributed by atoms with Gasteiger partial charge in [-0.1, -0.05) is 19.1 Å². The van der Waals surface area contributed by atoms with Crippen molar-refractivity contribution in [2.24, 2.45) is 0 Å². The monoisotopic (exact) mass is 398 g/mol. The zero-order chi connectivity index (χ0) is 15.5. The van der Waals surface area contributed by atoms with Crippen LogP contribution in [-0.2, 0) is 40.6 Å². The summed E-state index contributed by atoms with van der Waals surface area (Å²) in [6.45, 7) is 2.20. The molecule has 0 saturated heterocycles. The first-order valence-electron chi connectivity index (χ1n) is 7.72. The zero-order valence-electron chi connectivity index (χ0n) is 13.7. The molecule has 4 aromatic rings. The van der Waals surface area contributed by atoms with E-state index in [-0.39, 0.29) is 34.1 Å². The van der Waals surface area contributed by atoms with Gasteiger partial charge in [0.15, 0.2) is 0 Å². The van der Waals surface area contributed by atoms with Crippen molar-refractivity contribution in [3.05, 3.63) is 109 Å². The second kappa shape index (κ2) is 13.8.